The summed E-state index contributed by atoms with van der Waals surface area (Å²) in [5.41, 5.74) is 1.10. The van der Waals surface area contributed by atoms with E-state index in [1.165, 1.54) is 0 Å². The molecule has 0 unspecified atom stereocenters. The Kier molecular flexibility index (Phi) is 10.0. The third-order valence-electron chi connectivity index (χ3n) is 2.69. The van der Waals surface area contributed by atoms with Crippen molar-refractivity contribution in [3.8, 4) is 5.75 Å². The number of allylic oxidation sites excluding steroid dienone is 1. The fourth-order valence-corrected chi connectivity index (χ4v) is 1.77. The van der Waals surface area contributed by atoms with Gasteiger partial charge < -0.3 is 9.84 Å². The van der Waals surface area contributed by atoms with Crippen molar-refractivity contribution in [1.82, 2.24) is 0 Å². The van der Waals surface area contributed by atoms with E-state index in [2.05, 4.69) is 13.5 Å². The van der Waals surface area contributed by atoms with Crippen LogP contribution in [-0.4, -0.2) is 55.4 Å². The van der Waals surface area contributed by atoms with Crippen LogP contribution in [0.3, 0.4) is 0 Å². The maximum absolute atomic E-state index is 11.2. The molecule has 0 aromatic heterocycles. The van der Waals surface area contributed by atoms with Gasteiger partial charge in [-0.15, -0.1) is 6.58 Å². The Hall–Kier alpha value is -0.510. The Morgan fingerprint density at radius 3 is 2.74 bits per heavy atom. The predicted molar refractivity (Wildman–Crippen MR) is 80.9 cm³/mol. The topological polar surface area (TPSA) is 46.5 Å². The summed E-state index contributed by atoms with van der Waals surface area (Å²) in [4.78, 5) is 11.2. The first kappa shape index (κ1) is 18.5. The van der Waals surface area contributed by atoms with Crippen LogP contribution < -0.4 is 4.74 Å². The number of hydrogen-bond acceptors (Lipinski definition) is 2. The van der Waals surface area contributed by atoms with Gasteiger partial charge in [0.25, 0.3) is 0 Å². The fourth-order valence-electron chi connectivity index (χ4n) is 1.77. The van der Waals surface area contributed by atoms with Crippen LogP contribution in [0.2, 0.25) is 0 Å². The van der Waals surface area contributed by atoms with E-state index in [1.54, 1.807) is 18.2 Å². The molecular weight excluding hydrogens is 268 g/mol. The zero-order valence-electron chi connectivity index (χ0n) is 10.8. The van der Waals surface area contributed by atoms with E-state index in [0.29, 0.717) is 18.8 Å². The van der Waals surface area contributed by atoms with Gasteiger partial charge >= 0.3 is 43.7 Å². The summed E-state index contributed by atoms with van der Waals surface area (Å²) in [6.07, 6.45) is 5.51. The Labute approximate surface area is 144 Å². The molecule has 0 aliphatic heterocycles. The molecule has 1 N–H and O–H groups in total. The summed E-state index contributed by atoms with van der Waals surface area (Å²) >= 11 is 0. The quantitative estimate of drug-likeness (QED) is 0.455. The molecule has 0 fully saturated rings. The summed E-state index contributed by atoms with van der Waals surface area (Å²) in [7, 11) is 0. The zero-order chi connectivity index (χ0) is 13.4. The van der Waals surface area contributed by atoms with Gasteiger partial charge in [0.2, 0.25) is 0 Å². The van der Waals surface area contributed by atoms with Crippen molar-refractivity contribution in [3.05, 3.63) is 42.0 Å². The molecule has 19 heavy (non-hydrogen) atoms. The van der Waals surface area contributed by atoms with E-state index in [4.69, 9.17) is 9.84 Å². The van der Waals surface area contributed by atoms with Crippen molar-refractivity contribution in [1.29, 1.82) is 0 Å². The van der Waals surface area contributed by atoms with Crippen LogP contribution in [0.1, 0.15) is 42.1 Å². The molecule has 0 aliphatic carbocycles. The number of benzene rings is 1. The van der Waals surface area contributed by atoms with Gasteiger partial charge in [-0.1, -0.05) is 38.0 Å². The number of rotatable bonds is 8. The molecule has 0 bridgehead atoms. The first-order chi connectivity index (χ1) is 8.70. The molecule has 0 amide bonds. The van der Waals surface area contributed by atoms with Gasteiger partial charge in [-0.2, -0.15) is 0 Å². The van der Waals surface area contributed by atoms with Crippen LogP contribution in [0.25, 0.3) is 0 Å². The van der Waals surface area contributed by atoms with Gasteiger partial charge in [0.1, 0.15) is 11.3 Å². The van der Waals surface area contributed by atoms with Crippen molar-refractivity contribution >= 4 is 43.7 Å². The van der Waals surface area contributed by atoms with Gasteiger partial charge in [-0.05, 0) is 24.5 Å². The summed E-state index contributed by atoms with van der Waals surface area (Å²) in [6, 6.07) is 5.19. The van der Waals surface area contributed by atoms with E-state index in [1.807, 2.05) is 6.07 Å². The molecule has 0 saturated carbocycles. The normalized spacial score (nSPS) is 9.53. The Morgan fingerprint density at radius 2 is 2.16 bits per heavy atom. The number of aromatic carboxylic acids is 1. The van der Waals surface area contributed by atoms with Crippen molar-refractivity contribution < 1.29 is 14.6 Å². The van der Waals surface area contributed by atoms with Crippen LogP contribution in [0.15, 0.2) is 30.9 Å². The van der Waals surface area contributed by atoms with Gasteiger partial charge in [0, 0.05) is 0 Å². The summed E-state index contributed by atoms with van der Waals surface area (Å²) in [5, 5.41) is 9.16. The standard InChI is InChI=1S/C15H20O3.Ca.2H/c1-3-5-6-11-18-14-12(8-4-2)9-7-10-13(14)15(16)17;;;/h4,7,9-10H,2-3,5-6,8,11H2,1H3,(H,16,17);;;. The van der Waals surface area contributed by atoms with Crippen molar-refractivity contribution in [2.75, 3.05) is 6.61 Å². The van der Waals surface area contributed by atoms with Gasteiger partial charge in [0.05, 0.1) is 6.61 Å². The SMILES string of the molecule is C=CCc1cccc(C(=O)O)c1OCCCCC.[CaH2]. The average molecular weight is 290 g/mol. The molecule has 1 aromatic carbocycles. The Morgan fingerprint density at radius 1 is 1.42 bits per heavy atom. The minimum atomic E-state index is -0.952. The molecule has 0 aliphatic rings. The van der Waals surface area contributed by atoms with Crippen LogP contribution in [-0.2, 0) is 6.42 Å². The molecule has 0 saturated heterocycles. The van der Waals surface area contributed by atoms with E-state index in [-0.39, 0.29) is 43.3 Å². The Balaban J connectivity index is 0.00000324. The predicted octanol–water partition coefficient (Wildman–Crippen LogP) is 2.77. The molecule has 102 valence electrons. The van der Waals surface area contributed by atoms with E-state index in [9.17, 15) is 4.79 Å². The first-order valence-corrected chi connectivity index (χ1v) is 6.29. The molecule has 4 heteroatoms. The van der Waals surface area contributed by atoms with Gasteiger partial charge in [-0.25, -0.2) is 4.79 Å². The molecule has 0 radical (unpaired) electrons. The average Bonchev–Trinajstić information content (AvgIpc) is 2.36. The number of unbranched alkanes of at least 4 members (excludes halogenated alkanes) is 2. The number of para-hydroxylation sites is 1. The number of carbonyl (C=O) groups is 1. The second-order valence-corrected chi connectivity index (χ2v) is 4.15. The number of ether oxygens (including phenoxy) is 1. The second-order valence-electron chi connectivity index (χ2n) is 4.15. The van der Waals surface area contributed by atoms with Crippen molar-refractivity contribution in [2.45, 2.75) is 32.6 Å². The van der Waals surface area contributed by atoms with Crippen LogP contribution in [0.4, 0.5) is 0 Å². The third-order valence-corrected chi connectivity index (χ3v) is 2.69. The van der Waals surface area contributed by atoms with Crippen molar-refractivity contribution in [2.24, 2.45) is 0 Å². The minimum absolute atomic E-state index is 0. The van der Waals surface area contributed by atoms with Crippen LogP contribution in [0.5, 0.6) is 5.75 Å². The molecule has 1 aromatic rings. The van der Waals surface area contributed by atoms with Gasteiger partial charge in [-0.3, -0.25) is 0 Å². The molecule has 0 atom stereocenters. The molecular formula is C15H22CaO3. The molecule has 3 nitrogen and oxygen atoms in total. The van der Waals surface area contributed by atoms with Crippen molar-refractivity contribution in [3.63, 3.8) is 0 Å². The van der Waals surface area contributed by atoms with E-state index in [0.717, 1.165) is 24.8 Å². The first-order valence-electron chi connectivity index (χ1n) is 6.29. The van der Waals surface area contributed by atoms with Crippen LogP contribution in [0, 0.1) is 0 Å². The number of carboxylic acids is 1. The molecule has 1 rings (SSSR count). The van der Waals surface area contributed by atoms with Gasteiger partial charge in [0.15, 0.2) is 0 Å². The third kappa shape index (κ3) is 5.98. The summed E-state index contributed by atoms with van der Waals surface area (Å²) < 4.78 is 5.66. The zero-order valence-corrected chi connectivity index (χ0v) is 10.8. The monoisotopic (exact) mass is 290 g/mol. The Bertz CT molecular complexity index is 416. The van der Waals surface area contributed by atoms with E-state index < -0.39 is 5.97 Å². The van der Waals surface area contributed by atoms with E-state index >= 15 is 0 Å². The number of carboxylic acid groups (broad SMARTS) is 1. The number of hydrogen-bond donors (Lipinski definition) is 1. The summed E-state index contributed by atoms with van der Waals surface area (Å²) in [6.45, 7) is 6.36. The summed E-state index contributed by atoms with van der Waals surface area (Å²) in [5.74, 6) is -0.465. The molecule has 0 spiro atoms. The molecule has 0 heterocycles. The fraction of sp³-hybridized carbons (Fsp3) is 0.400. The second kappa shape index (κ2) is 10.3. The van der Waals surface area contributed by atoms with Crippen LogP contribution >= 0.6 is 0 Å². The maximum atomic E-state index is 11.2.